The van der Waals surface area contributed by atoms with E-state index in [1.165, 1.54) is 16.8 Å². The normalized spacial score (nSPS) is 37.1. The lowest BCUT2D eigenvalue weighted by Gasteiger charge is -2.51. The summed E-state index contributed by atoms with van der Waals surface area (Å²) >= 11 is 0. The second-order valence-electron chi connectivity index (χ2n) is 19.0. The summed E-state index contributed by atoms with van der Waals surface area (Å²) in [6, 6.07) is 5.00. The van der Waals surface area contributed by atoms with Crippen LogP contribution in [0.3, 0.4) is 0 Å². The van der Waals surface area contributed by atoms with Gasteiger partial charge in [0.2, 0.25) is 0 Å². The van der Waals surface area contributed by atoms with Gasteiger partial charge in [0.15, 0.2) is 28.7 Å². The molecule has 19 heteroatoms. The Morgan fingerprint density at radius 2 is 1.83 bits per heavy atom. The van der Waals surface area contributed by atoms with Crippen molar-refractivity contribution in [3.05, 3.63) is 41.7 Å². The number of carbonyl (C=O) groups is 2. The van der Waals surface area contributed by atoms with Gasteiger partial charge in [-0.25, -0.2) is 17.5 Å². The monoisotopic (exact) mass is 918 g/mol. The number of likely N-dealkylation sites (N-methyl/N-ethyl adjacent to an activating group) is 1. The quantitative estimate of drug-likeness (QED) is 0.240. The van der Waals surface area contributed by atoms with Crippen molar-refractivity contribution in [2.75, 3.05) is 53.0 Å². The number of aliphatic hydroxyl groups excluding tert-OH is 1. The number of sulfone groups is 1. The number of fused-ring (bicyclic) bond motifs is 4. The maximum Gasteiger partial charge on any atom is 0.316 e. The van der Waals surface area contributed by atoms with E-state index in [1.54, 1.807) is 32.2 Å². The molecule has 14 atom stereocenters. The number of benzene rings is 1. The first-order chi connectivity index (χ1) is 30.3. The van der Waals surface area contributed by atoms with Gasteiger partial charge >= 0.3 is 5.97 Å². The summed E-state index contributed by atoms with van der Waals surface area (Å²) in [6.45, 7) is 14.3. The molecule has 0 radical (unpaired) electrons. The number of cyclic esters (lactones) is 1. The van der Waals surface area contributed by atoms with Crippen LogP contribution < -0.4 is 0 Å². The third kappa shape index (κ3) is 9.88. The minimum Gasteiger partial charge on any atom is -0.459 e. The summed E-state index contributed by atoms with van der Waals surface area (Å²) in [5.74, 6) is -3.32. The largest absolute Gasteiger partial charge is 0.459 e. The summed E-state index contributed by atoms with van der Waals surface area (Å²) in [7, 11) is -1.45. The Morgan fingerprint density at radius 3 is 2.52 bits per heavy atom. The molecule has 0 aliphatic carbocycles. The van der Waals surface area contributed by atoms with Gasteiger partial charge in [0.25, 0.3) is 0 Å². The van der Waals surface area contributed by atoms with E-state index in [0.717, 1.165) is 17.5 Å². The zero-order valence-corrected chi connectivity index (χ0v) is 39.4. The Morgan fingerprint density at radius 1 is 1.09 bits per heavy atom. The lowest BCUT2D eigenvalue weighted by molar-refractivity contribution is -0.361. The number of aliphatic hydroxyl groups is 1. The van der Waals surface area contributed by atoms with Crippen molar-refractivity contribution in [2.45, 2.75) is 145 Å². The van der Waals surface area contributed by atoms with Gasteiger partial charge in [0.05, 0.1) is 53.6 Å². The first kappa shape index (κ1) is 48.7. The molecule has 5 aliphatic rings. The second kappa shape index (κ2) is 19.5. The molecule has 356 valence electrons. The maximum atomic E-state index is 14.4. The molecule has 4 saturated heterocycles. The number of hydroxylamine groups is 2. The van der Waals surface area contributed by atoms with Crippen molar-refractivity contribution in [1.29, 1.82) is 0 Å². The molecule has 6 heterocycles. The van der Waals surface area contributed by atoms with Crippen LogP contribution in [0.15, 0.2) is 40.4 Å². The number of rotatable bonds is 12. The molecule has 0 spiro atoms. The molecule has 0 amide bonds. The van der Waals surface area contributed by atoms with Crippen LogP contribution >= 0.6 is 0 Å². The number of nitrogens with zero attached hydrogens (tertiary/aromatic N) is 6. The number of aromatic nitrogens is 3. The number of aliphatic imine (C=N–C) groups is 1. The highest BCUT2D eigenvalue weighted by molar-refractivity contribution is 7.90. The topological polar surface area (TPSA) is 193 Å². The molecule has 7 rings (SSSR count). The second-order valence-corrected chi connectivity index (χ2v) is 21.1. The molecule has 1 aromatic carbocycles. The van der Waals surface area contributed by atoms with Crippen molar-refractivity contribution in [3.8, 4) is 0 Å². The molecule has 4 bridgehead atoms. The molecular formula is C45H67FN6O11S. The van der Waals surface area contributed by atoms with E-state index in [0.29, 0.717) is 64.0 Å². The SMILES string of the molecule is CC[C@H]1OC(=O)[C@H](C)C(=O)[C@H](C)[C@@H](O[C@@H]2O[C@H](C)C[C@H](N(C)CCc3cn([C@H](CF)Cc4ccc(S(C)(=O)=O)cc4)nn3)[C@H]2O)[C@@]2(C)C[C@@H](CO2)C2=NCCN3OCO[C@@]1(C)[C@H]3[C@H]2C. The standard InChI is InChI=1S/C45H67FN6O11S/c1-10-36-45(7)40-27(3)37(47-16-18-52(40)60-25-59-45)31-21-44(6,58-24-31)41(28(4)38(53)29(5)42(55)62-36)63-43-39(54)35(19-26(2)61-43)50(8)17-15-32-23-51(49-48-32)33(22-46)20-30-11-13-34(14-12-30)64(9,56)57/h11-14,23,26-29,31,33,35-36,39-41,43,54H,10,15-22,24-25H2,1-9H3/t26-,27+,28+,29-,31+,33+,35+,36-,39-,40-,41-,43+,44-,45-/m1/s1. The Hall–Kier alpha value is -3.27. The highest BCUT2D eigenvalue weighted by Gasteiger charge is 2.58. The lowest BCUT2D eigenvalue weighted by atomic mass is 9.74. The average molecular weight is 919 g/mol. The van der Waals surface area contributed by atoms with Crippen LogP contribution in [0.5, 0.6) is 0 Å². The van der Waals surface area contributed by atoms with Gasteiger partial charge in [-0.15, -0.1) is 5.10 Å². The predicted octanol–water partition coefficient (Wildman–Crippen LogP) is 3.57. The van der Waals surface area contributed by atoms with E-state index >= 15 is 0 Å². The van der Waals surface area contributed by atoms with Gasteiger partial charge in [-0.3, -0.25) is 19.4 Å². The molecule has 4 fully saturated rings. The van der Waals surface area contributed by atoms with Gasteiger partial charge in [-0.05, 0) is 78.1 Å². The van der Waals surface area contributed by atoms with Gasteiger partial charge in [-0.1, -0.05) is 38.1 Å². The van der Waals surface area contributed by atoms with Crippen LogP contribution in [0, 0.1) is 23.7 Å². The average Bonchev–Trinajstić information content (AvgIpc) is 3.86. The van der Waals surface area contributed by atoms with Gasteiger partial charge < -0.3 is 33.7 Å². The van der Waals surface area contributed by atoms with Crippen LogP contribution in [0.1, 0.15) is 85.0 Å². The van der Waals surface area contributed by atoms with Crippen molar-refractivity contribution >= 4 is 27.3 Å². The Kier molecular flexibility index (Phi) is 14.8. The van der Waals surface area contributed by atoms with Gasteiger partial charge in [0, 0.05) is 61.5 Å². The molecule has 17 nitrogen and oxygen atoms in total. The molecule has 1 N–H and O–H groups in total. The molecule has 1 aromatic heterocycles. The third-order valence-corrected chi connectivity index (χ3v) is 15.5. The smallest absolute Gasteiger partial charge is 0.316 e. The van der Waals surface area contributed by atoms with E-state index in [1.807, 2.05) is 44.7 Å². The van der Waals surface area contributed by atoms with Gasteiger partial charge in [0.1, 0.15) is 30.4 Å². The van der Waals surface area contributed by atoms with Gasteiger partial charge in [-0.2, -0.15) is 5.06 Å². The minimum absolute atomic E-state index is 0.00352. The maximum absolute atomic E-state index is 14.4. The zero-order chi connectivity index (χ0) is 46.3. The number of hydrogen-bond donors (Lipinski definition) is 1. The Balaban J connectivity index is 1.07. The van der Waals surface area contributed by atoms with Crippen LogP contribution in [0.4, 0.5) is 4.39 Å². The fraction of sp³-hybridized carbons (Fsp3) is 0.756. The molecule has 0 unspecified atom stereocenters. The zero-order valence-electron chi connectivity index (χ0n) is 38.6. The van der Waals surface area contributed by atoms with Crippen LogP contribution in [-0.2, 0) is 60.8 Å². The van der Waals surface area contributed by atoms with Crippen LogP contribution in [0.25, 0.3) is 0 Å². The first-order valence-electron chi connectivity index (χ1n) is 22.7. The number of alkyl halides is 1. The Bertz CT molecular complexity index is 2110. The predicted molar refractivity (Wildman–Crippen MR) is 232 cm³/mol. The van der Waals surface area contributed by atoms with Crippen LogP contribution in [-0.4, -0.2) is 163 Å². The summed E-state index contributed by atoms with van der Waals surface area (Å²) in [5, 5.41) is 22.5. The first-order valence-corrected chi connectivity index (χ1v) is 24.6. The minimum atomic E-state index is -3.35. The lowest BCUT2D eigenvalue weighted by Crippen LogP contribution is -2.66. The summed E-state index contributed by atoms with van der Waals surface area (Å²) in [5.41, 5.74) is 0.367. The molecule has 0 saturated carbocycles. The highest BCUT2D eigenvalue weighted by atomic mass is 32.2. The molecular weight excluding hydrogens is 852 g/mol. The van der Waals surface area contributed by atoms with E-state index in [-0.39, 0.29) is 41.5 Å². The highest BCUT2D eigenvalue weighted by Crippen LogP contribution is 2.45. The van der Waals surface area contributed by atoms with Crippen molar-refractivity contribution in [3.63, 3.8) is 0 Å². The van der Waals surface area contributed by atoms with E-state index in [4.69, 9.17) is 33.5 Å². The fourth-order valence-corrected chi connectivity index (χ4v) is 11.4. The fourth-order valence-electron chi connectivity index (χ4n) is 10.7. The van der Waals surface area contributed by atoms with Crippen molar-refractivity contribution in [1.82, 2.24) is 25.0 Å². The van der Waals surface area contributed by atoms with Crippen molar-refractivity contribution in [2.24, 2.45) is 28.7 Å². The van der Waals surface area contributed by atoms with E-state index in [2.05, 4.69) is 17.2 Å². The Labute approximate surface area is 376 Å². The number of halogens is 1. The number of ketones is 1. The number of hydrogen-bond acceptors (Lipinski definition) is 16. The number of ether oxygens (including phenoxy) is 5. The number of Topliss-reactive ketones (excluding diaryl/α,β-unsaturated/α-hetero) is 1. The molecule has 64 heavy (non-hydrogen) atoms. The third-order valence-electron chi connectivity index (χ3n) is 14.4. The number of esters is 1. The van der Waals surface area contributed by atoms with Crippen LogP contribution in [0.2, 0.25) is 0 Å². The molecule has 2 aromatic rings. The van der Waals surface area contributed by atoms with Crippen molar-refractivity contribution < 1.29 is 56.0 Å². The summed E-state index contributed by atoms with van der Waals surface area (Å²) in [6.07, 6.45) is 0.820. The summed E-state index contributed by atoms with van der Waals surface area (Å²) in [4.78, 5) is 41.8. The summed E-state index contributed by atoms with van der Waals surface area (Å²) < 4.78 is 72.0. The number of carbonyl (C=O) groups excluding carboxylic acids is 2. The van der Waals surface area contributed by atoms with E-state index < -0.39 is 82.2 Å². The molecule has 5 aliphatic heterocycles. The van der Waals surface area contributed by atoms with E-state index in [9.17, 15) is 27.5 Å².